The zero-order valence-electron chi connectivity index (χ0n) is 11.6. The van der Waals surface area contributed by atoms with Crippen molar-refractivity contribution in [1.29, 1.82) is 0 Å². The van der Waals surface area contributed by atoms with Crippen LogP contribution in [0.2, 0.25) is 5.02 Å². The Hall–Kier alpha value is -1.32. The highest BCUT2D eigenvalue weighted by Crippen LogP contribution is 2.25. The summed E-state index contributed by atoms with van der Waals surface area (Å²) in [6, 6.07) is 5.14. The fraction of sp³-hybridized carbons (Fsp3) is 0.188. The van der Waals surface area contributed by atoms with Crippen LogP contribution in [-0.4, -0.2) is 13.1 Å². The third-order valence-electron chi connectivity index (χ3n) is 2.69. The average molecular weight is 356 g/mol. The van der Waals surface area contributed by atoms with Gasteiger partial charge in [-0.1, -0.05) is 51.8 Å². The second-order valence-corrected chi connectivity index (χ2v) is 5.39. The third kappa shape index (κ3) is 4.66. The minimum absolute atomic E-state index is 0.392. The maximum Gasteiger partial charge on any atom is 0.337 e. The maximum atomic E-state index is 11.4. The number of hydrogen-bond donors (Lipinski definition) is 0. The minimum atomic E-state index is -0.392. The summed E-state index contributed by atoms with van der Waals surface area (Å²) >= 11 is 9.60. The summed E-state index contributed by atoms with van der Waals surface area (Å²) in [6.07, 6.45) is 7.80. The highest BCUT2D eigenvalue weighted by molar-refractivity contribution is 9.11. The Morgan fingerprint density at radius 2 is 2.10 bits per heavy atom. The van der Waals surface area contributed by atoms with Crippen molar-refractivity contribution >= 4 is 39.1 Å². The second kappa shape index (κ2) is 8.08. The van der Waals surface area contributed by atoms with Gasteiger partial charge >= 0.3 is 5.97 Å². The number of rotatable bonds is 4. The van der Waals surface area contributed by atoms with Gasteiger partial charge in [-0.2, -0.15) is 0 Å². The zero-order chi connectivity index (χ0) is 15.1. The molecule has 0 radical (unpaired) electrons. The van der Waals surface area contributed by atoms with Gasteiger partial charge in [0.05, 0.1) is 12.7 Å². The molecule has 0 fully saturated rings. The Morgan fingerprint density at radius 1 is 1.40 bits per heavy atom. The molecule has 0 saturated heterocycles. The van der Waals surface area contributed by atoms with Gasteiger partial charge in [-0.15, -0.1) is 0 Å². The molecule has 0 aromatic heterocycles. The smallest absolute Gasteiger partial charge is 0.337 e. The van der Waals surface area contributed by atoms with Crippen LogP contribution in [0.4, 0.5) is 0 Å². The van der Waals surface area contributed by atoms with E-state index in [4.69, 9.17) is 11.6 Å². The number of benzene rings is 1. The van der Waals surface area contributed by atoms with Gasteiger partial charge in [0, 0.05) is 9.51 Å². The molecule has 2 nitrogen and oxygen atoms in total. The summed E-state index contributed by atoms with van der Waals surface area (Å²) in [5, 5.41) is 0.528. The molecule has 106 valence electrons. The van der Waals surface area contributed by atoms with Gasteiger partial charge in [-0.05, 0) is 43.2 Å². The lowest BCUT2D eigenvalue weighted by molar-refractivity contribution is 0.0600. The highest BCUT2D eigenvalue weighted by Gasteiger charge is 2.09. The van der Waals surface area contributed by atoms with Crippen molar-refractivity contribution in [2.75, 3.05) is 7.11 Å². The van der Waals surface area contributed by atoms with E-state index in [1.807, 2.05) is 44.2 Å². The van der Waals surface area contributed by atoms with Gasteiger partial charge in [-0.25, -0.2) is 4.79 Å². The van der Waals surface area contributed by atoms with Crippen LogP contribution in [0.5, 0.6) is 0 Å². The van der Waals surface area contributed by atoms with E-state index in [1.54, 1.807) is 12.1 Å². The maximum absolute atomic E-state index is 11.4. The Kier molecular flexibility index (Phi) is 6.76. The summed E-state index contributed by atoms with van der Waals surface area (Å²) < 4.78 is 5.67. The van der Waals surface area contributed by atoms with E-state index in [0.717, 1.165) is 15.6 Å². The standard InChI is InChI=1S/C16H16BrClO2/c1-4-13(17)7-5-6-11(2)14-9-8-12(10-15(14)18)16(19)20-3/h4-10H,1-3H3/b7-5-,11-6+,13-4+. The van der Waals surface area contributed by atoms with Crippen molar-refractivity contribution in [3.63, 3.8) is 0 Å². The molecule has 1 aromatic carbocycles. The molecular formula is C16H16BrClO2. The number of esters is 1. The van der Waals surface area contributed by atoms with Gasteiger partial charge in [0.15, 0.2) is 0 Å². The number of ether oxygens (including phenoxy) is 1. The second-order valence-electron chi connectivity index (χ2n) is 4.07. The summed E-state index contributed by atoms with van der Waals surface area (Å²) in [5.41, 5.74) is 2.35. The molecule has 0 saturated carbocycles. The van der Waals surface area contributed by atoms with E-state index < -0.39 is 5.97 Å². The number of halogens is 2. The van der Waals surface area contributed by atoms with E-state index >= 15 is 0 Å². The van der Waals surface area contributed by atoms with Crippen molar-refractivity contribution in [3.8, 4) is 0 Å². The van der Waals surface area contributed by atoms with Crippen LogP contribution in [0, 0.1) is 0 Å². The Balaban J connectivity index is 3.00. The van der Waals surface area contributed by atoms with Crippen molar-refractivity contribution in [2.45, 2.75) is 13.8 Å². The molecule has 0 aliphatic heterocycles. The normalized spacial score (nSPS) is 12.8. The van der Waals surface area contributed by atoms with Gasteiger partial charge in [-0.3, -0.25) is 0 Å². The molecule has 0 aliphatic rings. The summed E-state index contributed by atoms with van der Waals surface area (Å²) in [6.45, 7) is 3.92. The van der Waals surface area contributed by atoms with Crippen LogP contribution in [0.3, 0.4) is 0 Å². The first kappa shape index (κ1) is 16.7. The number of methoxy groups -OCH3 is 1. The average Bonchev–Trinajstić information content (AvgIpc) is 2.45. The summed E-state index contributed by atoms with van der Waals surface area (Å²) in [5.74, 6) is -0.392. The fourth-order valence-corrected chi connectivity index (χ4v) is 2.03. The molecule has 1 rings (SSSR count). The third-order valence-corrected chi connectivity index (χ3v) is 3.73. The van der Waals surface area contributed by atoms with Gasteiger partial charge in [0.2, 0.25) is 0 Å². The zero-order valence-corrected chi connectivity index (χ0v) is 14.0. The quantitative estimate of drug-likeness (QED) is 0.535. The molecule has 0 aliphatic carbocycles. The van der Waals surface area contributed by atoms with Crippen LogP contribution < -0.4 is 0 Å². The number of hydrogen-bond acceptors (Lipinski definition) is 2. The minimum Gasteiger partial charge on any atom is -0.465 e. The van der Waals surface area contributed by atoms with Crippen molar-refractivity contribution in [2.24, 2.45) is 0 Å². The molecule has 20 heavy (non-hydrogen) atoms. The first-order valence-corrected chi connectivity index (χ1v) is 7.21. The van der Waals surface area contributed by atoms with Gasteiger partial charge in [0.25, 0.3) is 0 Å². The molecule has 0 N–H and O–H groups in total. The molecular weight excluding hydrogens is 340 g/mol. The van der Waals surface area contributed by atoms with Crippen molar-refractivity contribution in [1.82, 2.24) is 0 Å². The lowest BCUT2D eigenvalue weighted by atomic mass is 10.0. The lowest BCUT2D eigenvalue weighted by Crippen LogP contribution is -2.01. The number of allylic oxidation sites excluding steroid dienone is 6. The van der Waals surface area contributed by atoms with Crippen LogP contribution in [0.25, 0.3) is 5.57 Å². The fourth-order valence-electron chi connectivity index (χ4n) is 1.55. The van der Waals surface area contributed by atoms with Crippen LogP contribution in [-0.2, 0) is 4.74 Å². The predicted octanol–water partition coefficient (Wildman–Crippen LogP) is 5.38. The monoisotopic (exact) mass is 354 g/mol. The molecule has 0 amide bonds. The number of carbonyl (C=O) groups excluding carboxylic acids is 1. The summed E-state index contributed by atoms with van der Waals surface area (Å²) in [4.78, 5) is 11.4. The van der Waals surface area contributed by atoms with Gasteiger partial charge < -0.3 is 4.74 Å². The first-order chi connectivity index (χ1) is 9.49. The SMILES string of the molecule is C\C=C(Br)/C=C\C=C(/C)c1ccc(C(=O)OC)cc1Cl. The molecule has 0 bridgehead atoms. The molecule has 0 atom stereocenters. The Labute approximate surface area is 132 Å². The first-order valence-electron chi connectivity index (χ1n) is 6.04. The molecule has 0 unspecified atom stereocenters. The molecule has 4 heteroatoms. The van der Waals surface area contributed by atoms with Crippen LogP contribution in [0.1, 0.15) is 29.8 Å². The van der Waals surface area contributed by atoms with Crippen LogP contribution >= 0.6 is 27.5 Å². The topological polar surface area (TPSA) is 26.3 Å². The van der Waals surface area contributed by atoms with E-state index in [-0.39, 0.29) is 0 Å². The van der Waals surface area contributed by atoms with E-state index in [1.165, 1.54) is 7.11 Å². The molecule has 1 aromatic rings. The van der Waals surface area contributed by atoms with Crippen LogP contribution in [0.15, 0.2) is 47.0 Å². The number of carbonyl (C=O) groups is 1. The van der Waals surface area contributed by atoms with E-state index in [9.17, 15) is 4.79 Å². The van der Waals surface area contributed by atoms with Crippen molar-refractivity contribution in [3.05, 3.63) is 63.1 Å². The molecule has 0 heterocycles. The van der Waals surface area contributed by atoms with E-state index in [0.29, 0.717) is 10.6 Å². The lowest BCUT2D eigenvalue weighted by Gasteiger charge is -2.06. The summed E-state index contributed by atoms with van der Waals surface area (Å²) in [7, 11) is 1.35. The van der Waals surface area contributed by atoms with Crippen molar-refractivity contribution < 1.29 is 9.53 Å². The van der Waals surface area contributed by atoms with Gasteiger partial charge in [0.1, 0.15) is 0 Å². The Morgan fingerprint density at radius 3 is 2.65 bits per heavy atom. The highest BCUT2D eigenvalue weighted by atomic mass is 79.9. The van der Waals surface area contributed by atoms with E-state index in [2.05, 4.69) is 20.7 Å². The predicted molar refractivity (Wildman–Crippen MR) is 88.3 cm³/mol. The largest absolute Gasteiger partial charge is 0.465 e. The molecule has 0 spiro atoms. The Bertz CT molecular complexity index is 586.